The molecule has 0 aliphatic carbocycles. The lowest BCUT2D eigenvalue weighted by molar-refractivity contribution is -0.133. The van der Waals surface area contributed by atoms with E-state index in [-0.39, 0.29) is 43.5 Å². The first-order chi connectivity index (χ1) is 18.8. The van der Waals surface area contributed by atoms with Gasteiger partial charge < -0.3 is 25.0 Å². The summed E-state index contributed by atoms with van der Waals surface area (Å²) in [7, 11) is 1.71. The highest BCUT2D eigenvalue weighted by Gasteiger charge is 2.39. The number of hydrogen-bond donors (Lipinski definition) is 2. The molecule has 0 fully saturated rings. The maximum absolute atomic E-state index is 13.2. The van der Waals surface area contributed by atoms with Crippen LogP contribution in [0.4, 0.5) is 4.79 Å². The Balaban J connectivity index is 1.74. The zero-order valence-corrected chi connectivity index (χ0v) is 22.4. The number of aliphatic carboxylic acids is 1. The molecule has 2 aromatic rings. The predicted octanol–water partition coefficient (Wildman–Crippen LogP) is 4.55. The zero-order valence-electron chi connectivity index (χ0n) is 21.6. The molecule has 11 nitrogen and oxygen atoms in total. The molecule has 2 aromatic carbocycles. The minimum atomic E-state index is -1.23. The van der Waals surface area contributed by atoms with Gasteiger partial charge in [0.15, 0.2) is 0 Å². The van der Waals surface area contributed by atoms with Crippen LogP contribution in [0.15, 0.2) is 71.0 Å². The fraction of sp³-hybridized carbons (Fsp3) is 0.370. The Labute approximate surface area is 231 Å². The lowest BCUT2D eigenvalue weighted by atomic mass is 9.93. The van der Waals surface area contributed by atoms with E-state index < -0.39 is 18.0 Å². The van der Waals surface area contributed by atoms with Crippen molar-refractivity contribution in [3.8, 4) is 0 Å². The molecule has 1 aliphatic rings. The summed E-state index contributed by atoms with van der Waals surface area (Å²) >= 11 is 6.46. The molecule has 1 heterocycles. The van der Waals surface area contributed by atoms with Gasteiger partial charge in [-0.2, -0.15) is 0 Å². The summed E-state index contributed by atoms with van der Waals surface area (Å²) in [6.07, 6.45) is 1.42. The molecule has 39 heavy (non-hydrogen) atoms. The molecule has 0 radical (unpaired) electrons. The topological polar surface area (TPSA) is 148 Å². The molecule has 3 rings (SSSR count). The second-order valence-corrected chi connectivity index (χ2v) is 9.31. The third kappa shape index (κ3) is 8.22. The van der Waals surface area contributed by atoms with E-state index in [1.807, 2.05) is 30.3 Å². The third-order valence-electron chi connectivity index (χ3n) is 6.29. The highest BCUT2D eigenvalue weighted by Crippen LogP contribution is 2.37. The molecule has 206 valence electrons. The number of urea groups is 1. The Morgan fingerprint density at radius 1 is 1.21 bits per heavy atom. The number of carbonyl (C=O) groups excluding carboxylic acids is 2. The summed E-state index contributed by atoms with van der Waals surface area (Å²) in [5.74, 6) is -1.25. The number of carboxylic acid groups (broad SMARTS) is 1. The van der Waals surface area contributed by atoms with E-state index in [0.717, 1.165) is 5.56 Å². The molecule has 0 spiro atoms. The Kier molecular flexibility index (Phi) is 11.2. The highest BCUT2D eigenvalue weighted by molar-refractivity contribution is 6.31. The van der Waals surface area contributed by atoms with E-state index in [4.69, 9.17) is 21.9 Å². The summed E-state index contributed by atoms with van der Waals surface area (Å²) < 4.78 is 5.45. The summed E-state index contributed by atoms with van der Waals surface area (Å²) in [5.41, 5.74) is 9.98. The van der Waals surface area contributed by atoms with Crippen LogP contribution in [-0.2, 0) is 20.7 Å². The average Bonchev–Trinajstić information content (AvgIpc) is 2.93. The number of azide groups is 1. The number of nitrogens with zero attached hydrogens (tertiary/aromatic N) is 5. The average molecular weight is 555 g/mol. The van der Waals surface area contributed by atoms with Gasteiger partial charge in [0.1, 0.15) is 0 Å². The molecule has 0 saturated heterocycles. The standard InChI is InChI=1S/C27H31ClN6O5/c1-33(23(35)13-12-19-8-3-2-4-9-19)15-7-16-34-25(20-10-5-6-11-21(20)28)24(26(36)37)22(31-27(34)38)18-39-17-14-30-32-29/h2-6,8-11,25H,7,12-18H2,1H3,(H,31,38)(H,36,37). The molecule has 2 N–H and O–H groups in total. The van der Waals surface area contributed by atoms with Crippen LogP contribution in [0.3, 0.4) is 0 Å². The van der Waals surface area contributed by atoms with Crippen molar-refractivity contribution in [2.45, 2.75) is 25.3 Å². The summed E-state index contributed by atoms with van der Waals surface area (Å²) in [5, 5.41) is 16.5. The number of amides is 3. The lowest BCUT2D eigenvalue weighted by Gasteiger charge is -2.38. The fourth-order valence-electron chi connectivity index (χ4n) is 4.33. The smallest absolute Gasteiger partial charge is 0.335 e. The van der Waals surface area contributed by atoms with Crippen molar-refractivity contribution < 1.29 is 24.2 Å². The minimum Gasteiger partial charge on any atom is -0.478 e. The van der Waals surface area contributed by atoms with E-state index in [0.29, 0.717) is 36.4 Å². The van der Waals surface area contributed by atoms with Crippen molar-refractivity contribution in [2.24, 2.45) is 5.11 Å². The molecule has 0 bridgehead atoms. The van der Waals surface area contributed by atoms with Gasteiger partial charge in [-0.15, -0.1) is 0 Å². The van der Waals surface area contributed by atoms with Crippen LogP contribution in [0.2, 0.25) is 5.02 Å². The second-order valence-electron chi connectivity index (χ2n) is 8.91. The molecule has 0 aromatic heterocycles. The number of rotatable bonds is 14. The maximum Gasteiger partial charge on any atom is 0.335 e. The van der Waals surface area contributed by atoms with Gasteiger partial charge in [0.25, 0.3) is 0 Å². The largest absolute Gasteiger partial charge is 0.478 e. The first kappa shape index (κ1) is 29.5. The first-order valence-corrected chi connectivity index (χ1v) is 12.9. The van der Waals surface area contributed by atoms with Gasteiger partial charge in [0.05, 0.1) is 30.5 Å². The van der Waals surface area contributed by atoms with Gasteiger partial charge >= 0.3 is 12.0 Å². The van der Waals surface area contributed by atoms with Crippen LogP contribution in [0, 0.1) is 0 Å². The van der Waals surface area contributed by atoms with E-state index in [2.05, 4.69) is 15.3 Å². The van der Waals surface area contributed by atoms with Crippen molar-refractivity contribution in [1.82, 2.24) is 15.1 Å². The molecular formula is C27H31ClN6O5. The van der Waals surface area contributed by atoms with Crippen molar-refractivity contribution in [1.29, 1.82) is 0 Å². The van der Waals surface area contributed by atoms with Gasteiger partial charge in [0, 0.05) is 43.0 Å². The molecule has 3 amide bonds. The number of nitrogens with one attached hydrogen (secondary N) is 1. The first-order valence-electron chi connectivity index (χ1n) is 12.5. The lowest BCUT2D eigenvalue weighted by Crippen LogP contribution is -2.50. The third-order valence-corrected chi connectivity index (χ3v) is 6.64. The minimum absolute atomic E-state index is 0.0177. The molecule has 1 aliphatic heterocycles. The Morgan fingerprint density at radius 3 is 2.62 bits per heavy atom. The van der Waals surface area contributed by atoms with Gasteiger partial charge in [-0.25, -0.2) is 9.59 Å². The predicted molar refractivity (Wildman–Crippen MR) is 146 cm³/mol. The number of hydrogen-bond acceptors (Lipinski definition) is 5. The van der Waals surface area contributed by atoms with Crippen LogP contribution in [0.1, 0.15) is 30.0 Å². The van der Waals surface area contributed by atoms with E-state index in [1.54, 1.807) is 36.2 Å². The SMILES string of the molecule is CN(CCCN1C(=O)NC(COCCN=[N+]=[N-])=C(C(=O)O)C1c1ccccc1Cl)C(=O)CCc1ccccc1. The number of benzene rings is 2. The van der Waals surface area contributed by atoms with Crippen LogP contribution >= 0.6 is 11.6 Å². The van der Waals surface area contributed by atoms with Crippen LogP contribution in [0.5, 0.6) is 0 Å². The summed E-state index contributed by atoms with van der Waals surface area (Å²) in [6, 6.07) is 15.0. The van der Waals surface area contributed by atoms with Crippen LogP contribution < -0.4 is 5.32 Å². The van der Waals surface area contributed by atoms with E-state index in [1.165, 1.54) is 4.90 Å². The number of ether oxygens (including phenoxy) is 1. The number of carboxylic acids is 1. The van der Waals surface area contributed by atoms with Crippen molar-refractivity contribution in [3.63, 3.8) is 0 Å². The summed E-state index contributed by atoms with van der Waals surface area (Å²) in [6.45, 7) is 0.495. The Bertz CT molecular complexity index is 1250. The van der Waals surface area contributed by atoms with Crippen LogP contribution in [0.25, 0.3) is 10.4 Å². The van der Waals surface area contributed by atoms with E-state index >= 15 is 0 Å². The van der Waals surface area contributed by atoms with Crippen LogP contribution in [-0.4, -0.2) is 72.7 Å². The molecular weight excluding hydrogens is 524 g/mol. The van der Waals surface area contributed by atoms with Crippen molar-refractivity contribution >= 4 is 29.5 Å². The van der Waals surface area contributed by atoms with Gasteiger partial charge in [-0.3, -0.25) is 4.79 Å². The van der Waals surface area contributed by atoms with Gasteiger partial charge in [-0.05, 0) is 35.6 Å². The van der Waals surface area contributed by atoms with E-state index in [9.17, 15) is 19.5 Å². The van der Waals surface area contributed by atoms with Crippen molar-refractivity contribution in [2.75, 3.05) is 39.9 Å². The Morgan fingerprint density at radius 2 is 1.92 bits per heavy atom. The highest BCUT2D eigenvalue weighted by atomic mass is 35.5. The maximum atomic E-state index is 13.2. The normalized spacial score (nSPS) is 15.0. The second kappa shape index (κ2) is 14.8. The summed E-state index contributed by atoms with van der Waals surface area (Å²) in [4.78, 5) is 44.0. The number of carbonyl (C=O) groups is 3. The van der Waals surface area contributed by atoms with Gasteiger partial charge in [0.2, 0.25) is 5.91 Å². The number of aryl methyl sites for hydroxylation is 1. The molecule has 1 unspecified atom stereocenters. The fourth-order valence-corrected chi connectivity index (χ4v) is 4.57. The zero-order chi connectivity index (χ0) is 28.2. The number of halogens is 1. The molecule has 0 saturated carbocycles. The monoisotopic (exact) mass is 554 g/mol. The van der Waals surface area contributed by atoms with Crippen molar-refractivity contribution in [3.05, 3.63) is 92.5 Å². The quantitative estimate of drug-likeness (QED) is 0.152. The molecule has 1 atom stereocenters. The van der Waals surface area contributed by atoms with Gasteiger partial charge in [-0.1, -0.05) is 65.2 Å². The Hall–Kier alpha value is -4.05. The molecule has 12 heteroatoms.